The molecule has 28 heavy (non-hydrogen) atoms. The number of nitrogens with zero attached hydrogens (tertiary/aromatic N) is 7. The summed E-state index contributed by atoms with van der Waals surface area (Å²) in [5.74, 6) is 2.14. The van der Waals surface area contributed by atoms with E-state index in [1.54, 1.807) is 27.8 Å². The van der Waals surface area contributed by atoms with Gasteiger partial charge in [-0.05, 0) is 45.2 Å². The average molecular weight is 377 g/mol. The van der Waals surface area contributed by atoms with Gasteiger partial charge in [0.15, 0.2) is 5.82 Å². The highest BCUT2D eigenvalue weighted by molar-refractivity contribution is 5.52. The van der Waals surface area contributed by atoms with E-state index in [2.05, 4.69) is 25.1 Å². The summed E-state index contributed by atoms with van der Waals surface area (Å²) in [5.41, 5.74) is 4.37. The van der Waals surface area contributed by atoms with Crippen molar-refractivity contribution in [1.82, 2.24) is 29.5 Å². The van der Waals surface area contributed by atoms with E-state index in [9.17, 15) is 4.79 Å². The first-order valence-corrected chi connectivity index (χ1v) is 9.78. The van der Waals surface area contributed by atoms with E-state index in [0.717, 1.165) is 49.6 Å². The van der Waals surface area contributed by atoms with Crippen molar-refractivity contribution in [3.63, 3.8) is 0 Å². The van der Waals surface area contributed by atoms with E-state index in [-0.39, 0.29) is 5.56 Å². The van der Waals surface area contributed by atoms with E-state index in [4.69, 9.17) is 0 Å². The van der Waals surface area contributed by atoms with Crippen LogP contribution in [0.3, 0.4) is 0 Å². The topological polar surface area (TPSA) is 81.7 Å². The first kappa shape index (κ1) is 17.1. The second-order valence-corrected chi connectivity index (χ2v) is 7.80. The maximum Gasteiger partial charge on any atom is 0.266 e. The Morgan fingerprint density at radius 2 is 1.96 bits per heavy atom. The number of rotatable bonds is 4. The van der Waals surface area contributed by atoms with Gasteiger partial charge in [-0.25, -0.2) is 19.3 Å². The lowest BCUT2D eigenvalue weighted by Gasteiger charge is -2.40. The van der Waals surface area contributed by atoms with Gasteiger partial charge in [-0.15, -0.1) is 5.10 Å². The number of hydrogen-bond acceptors (Lipinski definition) is 6. The molecule has 1 fully saturated rings. The number of fused-ring (bicyclic) bond motifs is 1. The summed E-state index contributed by atoms with van der Waals surface area (Å²) in [6.07, 6.45) is 4.96. The van der Waals surface area contributed by atoms with Crippen LogP contribution < -0.4 is 10.5 Å². The van der Waals surface area contributed by atoms with Gasteiger partial charge in [-0.3, -0.25) is 4.79 Å². The van der Waals surface area contributed by atoms with Gasteiger partial charge < -0.3 is 4.90 Å². The standard InChI is InChI=1S/C20H23N7O/c1-13-8-14(2)27(23-13)18-6-7-19(28)26(24-18)11-15-9-25(10-15)20-16-4-3-5-17(16)21-12-22-20/h6-8,12,15H,3-5,9-11H2,1-2H3. The van der Waals surface area contributed by atoms with Gasteiger partial charge in [0.2, 0.25) is 0 Å². The van der Waals surface area contributed by atoms with Crippen LogP contribution in [-0.4, -0.2) is 42.6 Å². The van der Waals surface area contributed by atoms with Crippen LogP contribution >= 0.6 is 0 Å². The van der Waals surface area contributed by atoms with E-state index in [1.807, 2.05) is 19.9 Å². The molecule has 2 aliphatic rings. The Balaban J connectivity index is 1.32. The molecule has 5 rings (SSSR count). The lowest BCUT2D eigenvalue weighted by molar-refractivity contribution is 0.331. The zero-order valence-corrected chi connectivity index (χ0v) is 16.2. The minimum atomic E-state index is -0.0772. The highest BCUT2D eigenvalue weighted by Gasteiger charge is 2.31. The summed E-state index contributed by atoms with van der Waals surface area (Å²) >= 11 is 0. The summed E-state index contributed by atoms with van der Waals surface area (Å²) in [7, 11) is 0. The number of aryl methyl sites for hydroxylation is 3. The molecule has 0 atom stereocenters. The van der Waals surface area contributed by atoms with Crippen molar-refractivity contribution in [1.29, 1.82) is 0 Å². The molecule has 0 radical (unpaired) electrons. The molecule has 4 heterocycles. The van der Waals surface area contributed by atoms with Gasteiger partial charge in [0.25, 0.3) is 5.56 Å². The van der Waals surface area contributed by atoms with Gasteiger partial charge in [0, 0.05) is 42.0 Å². The molecule has 0 saturated carbocycles. The van der Waals surface area contributed by atoms with Gasteiger partial charge in [-0.2, -0.15) is 5.10 Å². The molecule has 0 spiro atoms. The Morgan fingerprint density at radius 1 is 1.11 bits per heavy atom. The van der Waals surface area contributed by atoms with Gasteiger partial charge in [0.05, 0.1) is 12.2 Å². The highest BCUT2D eigenvalue weighted by Crippen LogP contribution is 2.32. The molecule has 0 aromatic carbocycles. The molecule has 0 amide bonds. The highest BCUT2D eigenvalue weighted by atomic mass is 16.1. The first-order valence-electron chi connectivity index (χ1n) is 9.78. The minimum Gasteiger partial charge on any atom is -0.355 e. The summed E-state index contributed by atoms with van der Waals surface area (Å²) in [4.78, 5) is 23.5. The van der Waals surface area contributed by atoms with Crippen LogP contribution in [0.4, 0.5) is 5.82 Å². The number of aromatic nitrogens is 6. The summed E-state index contributed by atoms with van der Waals surface area (Å²) in [5, 5.41) is 9.02. The first-order chi connectivity index (χ1) is 13.6. The Kier molecular flexibility index (Phi) is 3.99. The maximum absolute atomic E-state index is 12.3. The van der Waals surface area contributed by atoms with E-state index in [0.29, 0.717) is 18.3 Å². The fraction of sp³-hybridized carbons (Fsp3) is 0.450. The molecule has 144 valence electrons. The van der Waals surface area contributed by atoms with Gasteiger partial charge >= 0.3 is 0 Å². The zero-order valence-electron chi connectivity index (χ0n) is 16.2. The maximum atomic E-state index is 12.3. The molecule has 0 unspecified atom stereocenters. The van der Waals surface area contributed by atoms with Crippen molar-refractivity contribution in [3.8, 4) is 5.82 Å². The fourth-order valence-corrected chi connectivity index (χ4v) is 4.26. The van der Waals surface area contributed by atoms with Crippen LogP contribution in [0.15, 0.2) is 29.3 Å². The molecule has 1 aliphatic heterocycles. The quantitative estimate of drug-likeness (QED) is 0.685. The third-order valence-electron chi connectivity index (χ3n) is 5.62. The number of anilines is 1. The summed E-state index contributed by atoms with van der Waals surface area (Å²) in [6, 6.07) is 5.31. The van der Waals surface area contributed by atoms with E-state index < -0.39 is 0 Å². The summed E-state index contributed by atoms with van der Waals surface area (Å²) in [6.45, 7) is 6.33. The van der Waals surface area contributed by atoms with E-state index in [1.165, 1.54) is 11.3 Å². The summed E-state index contributed by atoms with van der Waals surface area (Å²) < 4.78 is 3.35. The van der Waals surface area contributed by atoms with E-state index >= 15 is 0 Å². The van der Waals surface area contributed by atoms with Crippen molar-refractivity contribution in [2.75, 3.05) is 18.0 Å². The lowest BCUT2D eigenvalue weighted by atomic mass is 9.99. The molecular formula is C20H23N7O. The van der Waals surface area contributed by atoms with Crippen LogP contribution in [0.1, 0.15) is 29.1 Å². The SMILES string of the molecule is Cc1cc(C)n(-c2ccc(=O)n(CC3CN(c4ncnc5c4CCC5)C3)n2)n1. The molecule has 3 aromatic heterocycles. The normalized spacial score (nSPS) is 16.3. The van der Waals surface area contributed by atoms with Gasteiger partial charge in [-0.1, -0.05) is 0 Å². The van der Waals surface area contributed by atoms with Crippen molar-refractivity contribution in [2.45, 2.75) is 39.7 Å². The molecule has 1 aliphatic carbocycles. The van der Waals surface area contributed by atoms with Crippen molar-refractivity contribution in [2.24, 2.45) is 5.92 Å². The minimum absolute atomic E-state index is 0.0772. The molecule has 8 heteroatoms. The third kappa shape index (κ3) is 2.89. The van der Waals surface area contributed by atoms with Crippen LogP contribution in [0, 0.1) is 19.8 Å². The van der Waals surface area contributed by atoms with Crippen LogP contribution in [0.5, 0.6) is 0 Å². The second-order valence-electron chi connectivity index (χ2n) is 7.80. The van der Waals surface area contributed by atoms with Crippen molar-refractivity contribution in [3.05, 3.63) is 57.5 Å². The predicted octanol–water partition coefficient (Wildman–Crippen LogP) is 1.46. The molecule has 1 saturated heterocycles. The molecule has 0 bridgehead atoms. The fourth-order valence-electron chi connectivity index (χ4n) is 4.26. The van der Waals surface area contributed by atoms with Crippen molar-refractivity contribution >= 4 is 5.82 Å². The predicted molar refractivity (Wildman–Crippen MR) is 105 cm³/mol. The zero-order chi connectivity index (χ0) is 19.3. The van der Waals surface area contributed by atoms with Crippen molar-refractivity contribution < 1.29 is 0 Å². The Labute approximate surface area is 162 Å². The Morgan fingerprint density at radius 3 is 2.75 bits per heavy atom. The van der Waals surface area contributed by atoms with Crippen LogP contribution in [-0.2, 0) is 19.4 Å². The smallest absolute Gasteiger partial charge is 0.266 e. The largest absolute Gasteiger partial charge is 0.355 e. The molecular weight excluding hydrogens is 354 g/mol. The lowest BCUT2D eigenvalue weighted by Crippen LogP contribution is -2.50. The van der Waals surface area contributed by atoms with Crippen LogP contribution in [0.25, 0.3) is 5.82 Å². The van der Waals surface area contributed by atoms with Gasteiger partial charge in [0.1, 0.15) is 12.1 Å². The monoisotopic (exact) mass is 377 g/mol. The Hall–Kier alpha value is -3.03. The van der Waals surface area contributed by atoms with Crippen LogP contribution in [0.2, 0.25) is 0 Å². The Bertz CT molecular complexity index is 1090. The second kappa shape index (κ2) is 6.54. The average Bonchev–Trinajstić information content (AvgIpc) is 3.25. The third-order valence-corrected chi connectivity index (χ3v) is 5.62. The number of hydrogen-bond donors (Lipinski definition) is 0. The molecule has 0 N–H and O–H groups in total. The molecule has 3 aromatic rings. The molecule has 8 nitrogen and oxygen atoms in total.